The molecule has 0 saturated carbocycles. The number of aromatic nitrogens is 3. The number of rotatable bonds is 4. The fourth-order valence-electron chi connectivity index (χ4n) is 3.44. The molecule has 0 radical (unpaired) electrons. The maximum absolute atomic E-state index is 13.0. The average molecular weight is 417 g/mol. The van der Waals surface area contributed by atoms with Crippen LogP contribution in [-0.4, -0.2) is 60.4 Å². The highest BCUT2D eigenvalue weighted by Crippen LogP contribution is 2.31. The fraction of sp³-hybridized carbons (Fsp3) is 0.294. The third-order valence-electron chi connectivity index (χ3n) is 4.64. The van der Waals surface area contributed by atoms with Gasteiger partial charge >= 0.3 is 0 Å². The molecule has 1 aromatic heterocycles. The Hall–Kier alpha value is -3.25. The maximum atomic E-state index is 13.0. The van der Waals surface area contributed by atoms with E-state index in [1.54, 1.807) is 6.07 Å². The lowest BCUT2D eigenvalue weighted by atomic mass is 10.0. The van der Waals surface area contributed by atoms with Crippen LogP contribution < -0.4 is 5.32 Å². The van der Waals surface area contributed by atoms with E-state index in [1.807, 2.05) is 0 Å². The van der Waals surface area contributed by atoms with Crippen molar-refractivity contribution in [2.45, 2.75) is 24.6 Å². The van der Waals surface area contributed by atoms with Gasteiger partial charge in [-0.1, -0.05) is 11.3 Å². The van der Waals surface area contributed by atoms with Crippen LogP contribution >= 0.6 is 0 Å². The van der Waals surface area contributed by atoms with Crippen LogP contribution in [0.15, 0.2) is 24.4 Å². The number of hydrogen-bond donors (Lipinski definition) is 1. The van der Waals surface area contributed by atoms with Gasteiger partial charge in [0.2, 0.25) is 11.8 Å². The Morgan fingerprint density at radius 3 is 2.69 bits per heavy atom. The van der Waals surface area contributed by atoms with Gasteiger partial charge in [-0.3, -0.25) is 29.4 Å². The number of sulfone groups is 1. The highest BCUT2D eigenvalue weighted by Gasteiger charge is 2.45. The largest absolute Gasteiger partial charge is 0.615 e. The molecule has 2 atom stereocenters. The van der Waals surface area contributed by atoms with E-state index in [0.29, 0.717) is 0 Å². The van der Waals surface area contributed by atoms with Gasteiger partial charge < -0.3 is 4.55 Å². The molecule has 1 aromatic carbocycles. The SMILES string of the molecule is C[S+](=O)([O-])Cc1cn(-c2cccc3c2C(=O)N(C2CCC(=O)NC2=O)C3=O)nn1. The van der Waals surface area contributed by atoms with E-state index in [1.165, 1.54) is 23.0 Å². The van der Waals surface area contributed by atoms with Crippen molar-refractivity contribution in [3.8, 4) is 5.69 Å². The summed E-state index contributed by atoms with van der Waals surface area (Å²) >= 11 is 0. The predicted octanol–water partition coefficient (Wildman–Crippen LogP) is -0.572. The summed E-state index contributed by atoms with van der Waals surface area (Å²) in [6, 6.07) is 3.46. The second kappa shape index (κ2) is 6.67. The van der Waals surface area contributed by atoms with Crippen molar-refractivity contribution in [1.82, 2.24) is 25.2 Å². The summed E-state index contributed by atoms with van der Waals surface area (Å²) in [5.41, 5.74) is 0.558. The number of piperidine rings is 1. The molecular formula is C17H15N5O6S. The highest BCUT2D eigenvalue weighted by molar-refractivity contribution is 7.96. The molecule has 2 aliphatic heterocycles. The van der Waals surface area contributed by atoms with Gasteiger partial charge in [-0.2, -0.15) is 0 Å². The van der Waals surface area contributed by atoms with Gasteiger partial charge in [0.15, 0.2) is 5.75 Å². The third kappa shape index (κ3) is 3.36. The quantitative estimate of drug-likeness (QED) is 0.512. The van der Waals surface area contributed by atoms with Gasteiger partial charge in [0.1, 0.15) is 11.7 Å². The number of nitrogens with zero attached hydrogens (tertiary/aromatic N) is 4. The van der Waals surface area contributed by atoms with Crippen LogP contribution in [0.3, 0.4) is 0 Å². The van der Waals surface area contributed by atoms with Crippen molar-refractivity contribution in [2.24, 2.45) is 0 Å². The topological polar surface area (TPSA) is 154 Å². The smallest absolute Gasteiger partial charge is 0.264 e. The number of benzene rings is 1. The fourth-order valence-corrected chi connectivity index (χ4v) is 4.11. The maximum Gasteiger partial charge on any atom is 0.264 e. The summed E-state index contributed by atoms with van der Waals surface area (Å²) in [5, 5.41) is 9.80. The van der Waals surface area contributed by atoms with Gasteiger partial charge in [0.05, 0.1) is 39.5 Å². The Morgan fingerprint density at radius 1 is 1.24 bits per heavy atom. The van der Waals surface area contributed by atoms with E-state index >= 15 is 0 Å². The van der Waals surface area contributed by atoms with E-state index in [-0.39, 0.29) is 41.1 Å². The molecule has 11 nitrogen and oxygen atoms in total. The first kappa shape index (κ1) is 19.1. The van der Waals surface area contributed by atoms with Gasteiger partial charge in [0, 0.05) is 6.42 Å². The molecule has 0 bridgehead atoms. The van der Waals surface area contributed by atoms with E-state index < -0.39 is 39.9 Å². The second-order valence-electron chi connectivity index (χ2n) is 6.87. The monoisotopic (exact) mass is 417 g/mol. The number of amides is 4. The summed E-state index contributed by atoms with van der Waals surface area (Å²) < 4.78 is 24.1. The molecule has 0 aliphatic carbocycles. The molecule has 1 fully saturated rings. The highest BCUT2D eigenvalue weighted by atomic mass is 32.3. The van der Waals surface area contributed by atoms with Gasteiger partial charge in [-0.25, -0.2) is 4.68 Å². The van der Waals surface area contributed by atoms with Crippen molar-refractivity contribution >= 4 is 33.8 Å². The van der Waals surface area contributed by atoms with Crippen molar-refractivity contribution in [3.63, 3.8) is 0 Å². The lowest BCUT2D eigenvalue weighted by Gasteiger charge is -2.27. The molecule has 12 heteroatoms. The van der Waals surface area contributed by atoms with Crippen LogP contribution in [0.4, 0.5) is 0 Å². The number of carbonyl (C=O) groups excluding carboxylic acids is 4. The molecule has 29 heavy (non-hydrogen) atoms. The minimum Gasteiger partial charge on any atom is -0.615 e. The van der Waals surface area contributed by atoms with E-state index in [2.05, 4.69) is 15.6 Å². The summed E-state index contributed by atoms with van der Waals surface area (Å²) in [5.74, 6) is -2.80. The molecule has 1 saturated heterocycles. The molecule has 4 amide bonds. The molecule has 4 rings (SSSR count). The Labute approximate surface area is 165 Å². The number of imide groups is 2. The van der Waals surface area contributed by atoms with Crippen molar-refractivity contribution < 1.29 is 27.9 Å². The predicted molar refractivity (Wildman–Crippen MR) is 96.5 cm³/mol. The zero-order chi connectivity index (χ0) is 20.9. The van der Waals surface area contributed by atoms with Crippen molar-refractivity contribution in [1.29, 1.82) is 0 Å². The summed E-state index contributed by atoms with van der Waals surface area (Å²) in [6.45, 7) is 0. The summed E-state index contributed by atoms with van der Waals surface area (Å²) in [7, 11) is -3.33. The Bertz CT molecular complexity index is 1120. The van der Waals surface area contributed by atoms with E-state index in [9.17, 15) is 27.9 Å². The molecule has 2 aliphatic rings. The average Bonchev–Trinajstić information content (AvgIpc) is 3.18. The molecule has 2 unspecified atom stereocenters. The molecule has 3 heterocycles. The Morgan fingerprint density at radius 2 is 2.00 bits per heavy atom. The van der Waals surface area contributed by atoms with Crippen LogP contribution in [0, 0.1) is 0 Å². The summed E-state index contributed by atoms with van der Waals surface area (Å²) in [6.07, 6.45) is 2.50. The van der Waals surface area contributed by atoms with Gasteiger partial charge in [-0.05, 0) is 18.6 Å². The zero-order valence-corrected chi connectivity index (χ0v) is 16.0. The first-order valence-electron chi connectivity index (χ1n) is 8.59. The molecule has 150 valence electrons. The van der Waals surface area contributed by atoms with Crippen LogP contribution in [0.25, 0.3) is 5.69 Å². The molecule has 2 aromatic rings. The minimum atomic E-state index is -3.33. The molecular weight excluding hydrogens is 402 g/mol. The standard InChI is InChI=1S/C17H15N5O6S/c1-29(27,28)8-9-7-21(20-19-9)11-4-2-3-10-14(11)17(26)22(16(10)25)12-5-6-13(23)18-15(12)24/h2-4,7,12H,5-6,8H2,1H3,(H-,18,23,24,27,28). The minimum absolute atomic E-state index is 0.0224. The Kier molecular flexibility index (Phi) is 4.39. The summed E-state index contributed by atoms with van der Waals surface area (Å²) in [4.78, 5) is 50.3. The van der Waals surface area contributed by atoms with Crippen molar-refractivity contribution in [2.75, 3.05) is 6.26 Å². The van der Waals surface area contributed by atoms with E-state index in [0.717, 1.165) is 11.2 Å². The number of hydrogen-bond acceptors (Lipinski definition) is 8. The van der Waals surface area contributed by atoms with Crippen LogP contribution in [0.2, 0.25) is 0 Å². The van der Waals surface area contributed by atoms with E-state index in [4.69, 9.17) is 0 Å². The molecule has 0 spiro atoms. The number of nitrogens with one attached hydrogen (secondary N) is 1. The van der Waals surface area contributed by atoms with Crippen LogP contribution in [-0.2, 0) is 29.8 Å². The second-order valence-corrected chi connectivity index (χ2v) is 9.01. The number of carbonyl (C=O) groups is 4. The lowest BCUT2D eigenvalue weighted by molar-refractivity contribution is -0.136. The normalized spacial score (nSPS) is 21.2. The van der Waals surface area contributed by atoms with Gasteiger partial charge in [-0.15, -0.1) is 9.31 Å². The van der Waals surface area contributed by atoms with Crippen LogP contribution in [0.5, 0.6) is 0 Å². The first-order chi connectivity index (χ1) is 13.7. The number of fused-ring (bicyclic) bond motifs is 1. The van der Waals surface area contributed by atoms with Gasteiger partial charge in [0.25, 0.3) is 11.8 Å². The van der Waals surface area contributed by atoms with Crippen molar-refractivity contribution in [3.05, 3.63) is 41.2 Å². The first-order valence-corrected chi connectivity index (χ1v) is 10.7. The lowest BCUT2D eigenvalue weighted by Crippen LogP contribution is -2.54. The molecule has 1 N–H and O–H groups in total. The zero-order valence-electron chi connectivity index (χ0n) is 15.2. The van der Waals surface area contributed by atoms with Crippen LogP contribution in [0.1, 0.15) is 39.3 Å². The Balaban J connectivity index is 1.71. The third-order valence-corrected chi connectivity index (χ3v) is 5.46.